The number of aromatic hydroxyl groups is 1. The van der Waals surface area contributed by atoms with Gasteiger partial charge in [-0.3, -0.25) is 0 Å². The fraction of sp³-hybridized carbons (Fsp3) is 0.727. The van der Waals surface area contributed by atoms with Crippen molar-refractivity contribution < 1.29 is 5.11 Å². The van der Waals surface area contributed by atoms with E-state index in [2.05, 4.69) is 10.3 Å². The highest BCUT2D eigenvalue weighted by Crippen LogP contribution is 2.46. The molecule has 3 unspecified atom stereocenters. The van der Waals surface area contributed by atoms with Crippen LogP contribution < -0.4 is 5.32 Å². The topological polar surface area (TPSA) is 45.2 Å². The van der Waals surface area contributed by atoms with Crippen LogP contribution in [0.3, 0.4) is 0 Å². The number of nitrogens with zero attached hydrogens (tertiary/aromatic N) is 1. The zero-order valence-electron chi connectivity index (χ0n) is 8.86. The smallest absolute Gasteiger partial charge is 0.226 e. The minimum absolute atomic E-state index is 0.186. The number of aryl methyl sites for hydroxylation is 1. The number of anilines is 1. The lowest BCUT2D eigenvalue weighted by atomic mass is 9.96. The standard InChI is InChI=1S/C11H16N2OS/c1-6-10(14)13-11(15-6)12-9-5-7-2-3-8(9)4-7/h7-9,14H,2-5H2,1H3,(H,12,13). The minimum atomic E-state index is 0.186. The van der Waals surface area contributed by atoms with Crippen LogP contribution in [0.5, 0.6) is 5.88 Å². The van der Waals surface area contributed by atoms with Crippen molar-refractivity contribution in [2.45, 2.75) is 38.6 Å². The number of nitrogens with one attached hydrogen (secondary N) is 1. The fourth-order valence-electron chi connectivity index (χ4n) is 3.03. The summed E-state index contributed by atoms with van der Waals surface area (Å²) < 4.78 is 0. The van der Waals surface area contributed by atoms with Gasteiger partial charge in [0.1, 0.15) is 0 Å². The van der Waals surface area contributed by atoms with Crippen molar-refractivity contribution in [1.82, 2.24) is 4.98 Å². The predicted molar refractivity (Wildman–Crippen MR) is 61.4 cm³/mol. The van der Waals surface area contributed by atoms with Crippen LogP contribution in [0.25, 0.3) is 0 Å². The summed E-state index contributed by atoms with van der Waals surface area (Å²) in [5.74, 6) is 1.98. The highest BCUT2D eigenvalue weighted by Gasteiger charge is 2.39. The number of fused-ring (bicyclic) bond motifs is 2. The van der Waals surface area contributed by atoms with Crippen molar-refractivity contribution in [3.05, 3.63) is 4.88 Å². The first-order valence-electron chi connectivity index (χ1n) is 5.65. The zero-order chi connectivity index (χ0) is 10.4. The third-order valence-electron chi connectivity index (χ3n) is 3.82. The van der Waals surface area contributed by atoms with Gasteiger partial charge in [0.25, 0.3) is 0 Å². The lowest BCUT2D eigenvalue weighted by Gasteiger charge is -2.22. The quantitative estimate of drug-likeness (QED) is 0.812. The van der Waals surface area contributed by atoms with Crippen LogP contribution in [0.4, 0.5) is 5.13 Å². The average Bonchev–Trinajstić information content (AvgIpc) is 2.84. The molecule has 1 aromatic heterocycles. The number of aromatic nitrogens is 1. The van der Waals surface area contributed by atoms with Crippen LogP contribution in [0.1, 0.15) is 30.6 Å². The Bertz CT molecular complexity index is 357. The molecule has 0 spiro atoms. The van der Waals surface area contributed by atoms with Gasteiger partial charge in [0.15, 0.2) is 5.13 Å². The Morgan fingerprint density at radius 3 is 2.80 bits per heavy atom. The Morgan fingerprint density at radius 2 is 2.27 bits per heavy atom. The largest absolute Gasteiger partial charge is 0.492 e. The lowest BCUT2D eigenvalue weighted by molar-refractivity contribution is 0.437. The third-order valence-corrected chi connectivity index (χ3v) is 4.71. The second-order valence-corrected chi connectivity index (χ2v) is 6.03. The summed E-state index contributed by atoms with van der Waals surface area (Å²) >= 11 is 1.56. The monoisotopic (exact) mass is 224 g/mol. The SMILES string of the molecule is Cc1sc(NC2CC3CCC2C3)nc1O. The van der Waals surface area contributed by atoms with E-state index >= 15 is 0 Å². The van der Waals surface area contributed by atoms with E-state index in [0.29, 0.717) is 6.04 Å². The molecular formula is C11H16N2OS. The van der Waals surface area contributed by atoms with Crippen LogP contribution in [-0.2, 0) is 0 Å². The van der Waals surface area contributed by atoms with Gasteiger partial charge in [-0.2, -0.15) is 4.98 Å². The number of hydrogen-bond donors (Lipinski definition) is 2. The van der Waals surface area contributed by atoms with E-state index in [9.17, 15) is 5.11 Å². The van der Waals surface area contributed by atoms with Crippen LogP contribution in [0.15, 0.2) is 0 Å². The van der Waals surface area contributed by atoms with Gasteiger partial charge in [0.2, 0.25) is 5.88 Å². The summed E-state index contributed by atoms with van der Waals surface area (Å²) in [5, 5.41) is 13.8. The van der Waals surface area contributed by atoms with Crippen LogP contribution in [0.2, 0.25) is 0 Å². The van der Waals surface area contributed by atoms with Crippen molar-refractivity contribution in [3.63, 3.8) is 0 Å². The average molecular weight is 224 g/mol. The molecule has 82 valence electrons. The minimum Gasteiger partial charge on any atom is -0.492 e. The van der Waals surface area contributed by atoms with Gasteiger partial charge >= 0.3 is 0 Å². The van der Waals surface area contributed by atoms with Gasteiger partial charge in [0, 0.05) is 6.04 Å². The molecule has 3 rings (SSSR count). The summed E-state index contributed by atoms with van der Waals surface area (Å²) in [5.41, 5.74) is 0. The Hall–Kier alpha value is -0.770. The van der Waals surface area contributed by atoms with E-state index in [0.717, 1.165) is 21.8 Å². The lowest BCUT2D eigenvalue weighted by Crippen LogP contribution is -2.25. The highest BCUT2D eigenvalue weighted by molar-refractivity contribution is 7.15. The molecule has 0 aromatic carbocycles. The van der Waals surface area contributed by atoms with Crippen LogP contribution in [-0.4, -0.2) is 16.1 Å². The molecule has 0 amide bonds. The molecule has 4 heteroatoms. The van der Waals surface area contributed by atoms with Gasteiger partial charge in [-0.15, -0.1) is 0 Å². The molecule has 15 heavy (non-hydrogen) atoms. The Balaban J connectivity index is 1.70. The van der Waals surface area contributed by atoms with Crippen molar-refractivity contribution in [1.29, 1.82) is 0 Å². The molecule has 0 radical (unpaired) electrons. The highest BCUT2D eigenvalue weighted by atomic mass is 32.1. The second-order valence-electron chi connectivity index (χ2n) is 4.82. The molecule has 2 bridgehead atoms. The summed E-state index contributed by atoms with van der Waals surface area (Å²) in [6.45, 7) is 1.90. The molecule has 1 aromatic rings. The summed E-state index contributed by atoms with van der Waals surface area (Å²) in [6.07, 6.45) is 5.49. The van der Waals surface area contributed by atoms with Gasteiger partial charge in [-0.1, -0.05) is 17.8 Å². The van der Waals surface area contributed by atoms with Crippen molar-refractivity contribution >= 4 is 16.5 Å². The molecule has 2 N–H and O–H groups in total. The Morgan fingerprint density at radius 1 is 1.40 bits per heavy atom. The van der Waals surface area contributed by atoms with Gasteiger partial charge in [0.05, 0.1) is 4.88 Å². The third kappa shape index (κ3) is 1.61. The van der Waals surface area contributed by atoms with Gasteiger partial charge < -0.3 is 10.4 Å². The van der Waals surface area contributed by atoms with Crippen LogP contribution >= 0.6 is 11.3 Å². The van der Waals surface area contributed by atoms with Crippen molar-refractivity contribution in [2.24, 2.45) is 11.8 Å². The molecule has 0 aliphatic heterocycles. The zero-order valence-corrected chi connectivity index (χ0v) is 9.68. The molecule has 3 nitrogen and oxygen atoms in total. The molecular weight excluding hydrogens is 208 g/mol. The normalized spacial score (nSPS) is 33.5. The van der Waals surface area contributed by atoms with E-state index in [1.165, 1.54) is 25.7 Å². The second kappa shape index (κ2) is 3.37. The summed E-state index contributed by atoms with van der Waals surface area (Å²) in [4.78, 5) is 5.02. The number of rotatable bonds is 2. The van der Waals surface area contributed by atoms with Crippen LogP contribution in [0, 0.1) is 18.8 Å². The fourth-order valence-corrected chi connectivity index (χ4v) is 3.80. The van der Waals surface area contributed by atoms with Gasteiger partial charge in [-0.25, -0.2) is 0 Å². The molecule has 2 aliphatic carbocycles. The number of thiazole rings is 1. The van der Waals surface area contributed by atoms with E-state index in [1.807, 2.05) is 6.92 Å². The molecule has 1 heterocycles. The van der Waals surface area contributed by atoms with E-state index in [1.54, 1.807) is 11.3 Å². The van der Waals surface area contributed by atoms with Crippen molar-refractivity contribution in [3.8, 4) is 5.88 Å². The Kier molecular flexibility index (Phi) is 2.12. The molecule has 2 saturated carbocycles. The summed E-state index contributed by atoms with van der Waals surface area (Å²) in [7, 11) is 0. The number of hydrogen-bond acceptors (Lipinski definition) is 4. The Labute approximate surface area is 93.5 Å². The summed E-state index contributed by atoms with van der Waals surface area (Å²) in [6, 6.07) is 0.605. The molecule has 2 aliphatic rings. The van der Waals surface area contributed by atoms with E-state index < -0.39 is 0 Å². The first-order chi connectivity index (χ1) is 7.22. The van der Waals surface area contributed by atoms with Crippen molar-refractivity contribution in [2.75, 3.05) is 5.32 Å². The first-order valence-corrected chi connectivity index (χ1v) is 6.47. The van der Waals surface area contributed by atoms with E-state index in [4.69, 9.17) is 0 Å². The maximum atomic E-state index is 9.41. The molecule has 3 atom stereocenters. The maximum absolute atomic E-state index is 9.41. The first kappa shape index (κ1) is 9.46. The molecule has 0 saturated heterocycles. The predicted octanol–water partition coefficient (Wildman–Crippen LogP) is 2.76. The molecule has 2 fully saturated rings. The van der Waals surface area contributed by atoms with Gasteiger partial charge in [-0.05, 0) is 38.0 Å². The van der Waals surface area contributed by atoms with E-state index in [-0.39, 0.29) is 5.88 Å². The maximum Gasteiger partial charge on any atom is 0.226 e.